The molecule has 2 heteroatoms. The third-order valence-electron chi connectivity index (χ3n) is 11.1. The van der Waals surface area contributed by atoms with Crippen molar-refractivity contribution in [2.45, 2.75) is 13.8 Å². The normalized spacial score (nSPS) is 11.4. The van der Waals surface area contributed by atoms with Crippen LogP contribution in [0.3, 0.4) is 0 Å². The molecule has 0 radical (unpaired) electrons. The van der Waals surface area contributed by atoms with Gasteiger partial charge in [0.05, 0.1) is 0 Å². The number of rotatable bonds is 4. The first-order valence-corrected chi connectivity index (χ1v) is 19.5. The maximum atomic E-state index is 4.80. The summed E-state index contributed by atoms with van der Waals surface area (Å²) >= 11 is 0. The summed E-state index contributed by atoms with van der Waals surface area (Å²) in [4.78, 5) is 9.59. The van der Waals surface area contributed by atoms with E-state index in [2.05, 4.69) is 176 Å². The van der Waals surface area contributed by atoms with Crippen molar-refractivity contribution in [2.24, 2.45) is 0 Å². The molecule has 2 nitrogen and oxygen atoms in total. The highest BCUT2D eigenvalue weighted by Crippen LogP contribution is 2.47. The van der Waals surface area contributed by atoms with Crippen LogP contribution in [0.15, 0.2) is 194 Å². The topological polar surface area (TPSA) is 25.8 Å². The number of benzene rings is 10. The van der Waals surface area contributed by atoms with Gasteiger partial charge < -0.3 is 0 Å². The quantitative estimate of drug-likeness (QED) is 0.134. The minimum atomic E-state index is 0.729. The Morgan fingerprint density at radius 3 is 1.55 bits per heavy atom. The van der Waals surface area contributed by atoms with E-state index in [-0.39, 0.29) is 0 Å². The average molecular weight is 715 g/mol. The van der Waals surface area contributed by atoms with Gasteiger partial charge in [-0.3, -0.25) is 0 Å². The molecule has 1 aromatic heterocycles. The summed E-state index contributed by atoms with van der Waals surface area (Å²) in [5.41, 5.74) is 8.30. The number of fused-ring (bicyclic) bond motifs is 7. The summed E-state index contributed by atoms with van der Waals surface area (Å²) < 4.78 is 0. The molecule has 1 heterocycles. The Morgan fingerprint density at radius 1 is 0.286 bits per heavy atom. The lowest BCUT2D eigenvalue weighted by molar-refractivity contribution is 1.18. The number of hydrogen-bond acceptors (Lipinski definition) is 2. The van der Waals surface area contributed by atoms with Crippen molar-refractivity contribution in [3.05, 3.63) is 194 Å². The van der Waals surface area contributed by atoms with Gasteiger partial charge in [0.1, 0.15) is 0 Å². The van der Waals surface area contributed by atoms with Gasteiger partial charge in [0.2, 0.25) is 0 Å². The molecule has 0 N–H and O–H groups in total. The van der Waals surface area contributed by atoms with Crippen LogP contribution in [0.5, 0.6) is 0 Å². The molecule has 0 aliphatic carbocycles. The summed E-state index contributed by atoms with van der Waals surface area (Å²) in [6.07, 6.45) is 3.67. The van der Waals surface area contributed by atoms with Gasteiger partial charge in [0.15, 0.2) is 5.82 Å². The average Bonchev–Trinajstić information content (AvgIpc) is 3.28. The second-order valence-electron chi connectivity index (χ2n) is 14.1. The molecule has 0 unspecified atom stereocenters. The molecular weight excluding hydrogens is 677 g/mol. The largest absolute Gasteiger partial charge is 0.237 e. The Morgan fingerprint density at radius 2 is 0.821 bits per heavy atom. The molecule has 0 amide bonds. The lowest BCUT2D eigenvalue weighted by Crippen LogP contribution is -1.95. The van der Waals surface area contributed by atoms with Crippen LogP contribution in [0.4, 0.5) is 0 Å². The maximum Gasteiger partial charge on any atom is 0.160 e. The summed E-state index contributed by atoms with van der Waals surface area (Å²) in [7, 11) is 0. The van der Waals surface area contributed by atoms with Crippen LogP contribution in [-0.2, 0) is 0 Å². The van der Waals surface area contributed by atoms with Crippen LogP contribution in [0.2, 0.25) is 0 Å². The van der Waals surface area contributed by atoms with Crippen molar-refractivity contribution in [3.63, 3.8) is 0 Å². The number of aromatic nitrogens is 2. The Hall–Kier alpha value is -7.16. The van der Waals surface area contributed by atoms with E-state index in [4.69, 9.17) is 9.97 Å². The zero-order valence-electron chi connectivity index (χ0n) is 31.4. The zero-order valence-corrected chi connectivity index (χ0v) is 31.4. The van der Waals surface area contributed by atoms with Crippen molar-refractivity contribution in [2.75, 3.05) is 0 Å². The highest BCUT2D eigenvalue weighted by atomic mass is 14.9. The van der Waals surface area contributed by atoms with Gasteiger partial charge in [-0.15, -0.1) is 0 Å². The summed E-state index contributed by atoms with van der Waals surface area (Å²) in [6.45, 7) is 4.00. The number of hydrogen-bond donors (Lipinski definition) is 0. The molecule has 0 saturated heterocycles. The summed E-state index contributed by atoms with van der Waals surface area (Å²) in [5, 5.41) is 14.7. The van der Waals surface area contributed by atoms with E-state index in [0.29, 0.717) is 0 Å². The second-order valence-corrected chi connectivity index (χ2v) is 14.1. The standard InChI is InChI=1S/C52H32N2.C2H6/c1-2-12-33(13-3-1)36-24-27-47-49(32-36)51(52-53-28-11-29-54-52)46-17-7-6-16-45(46)50(47)44-23-10-20-39-38(18-8-21-41(39)44)40-19-9-22-42-43(40)26-25-37-30-34-14-4-5-15-35(34)31-48(37)42;1-2/h1-32H;1-2H3. The zero-order chi connectivity index (χ0) is 37.6. The van der Waals surface area contributed by atoms with E-state index < -0.39 is 0 Å². The van der Waals surface area contributed by atoms with E-state index in [1.807, 2.05) is 32.3 Å². The van der Waals surface area contributed by atoms with E-state index in [0.717, 1.165) is 27.7 Å². The highest BCUT2D eigenvalue weighted by Gasteiger charge is 2.21. The molecule has 0 bridgehead atoms. The maximum absolute atomic E-state index is 4.80. The fourth-order valence-electron chi connectivity index (χ4n) is 8.73. The van der Waals surface area contributed by atoms with Crippen LogP contribution in [0, 0.1) is 0 Å². The van der Waals surface area contributed by atoms with Gasteiger partial charge in [-0.25, -0.2) is 9.97 Å². The lowest BCUT2D eigenvalue weighted by Gasteiger charge is -2.19. The highest BCUT2D eigenvalue weighted by molar-refractivity contribution is 6.24. The third-order valence-corrected chi connectivity index (χ3v) is 11.1. The smallest absolute Gasteiger partial charge is 0.160 e. The molecule has 264 valence electrons. The molecule has 10 aromatic carbocycles. The molecule has 0 aliphatic rings. The van der Waals surface area contributed by atoms with E-state index >= 15 is 0 Å². The van der Waals surface area contributed by atoms with Crippen molar-refractivity contribution in [1.29, 1.82) is 0 Å². The Kier molecular flexibility index (Phi) is 8.30. The molecule has 0 aliphatic heterocycles. The van der Waals surface area contributed by atoms with Crippen molar-refractivity contribution in [3.8, 4) is 44.8 Å². The Bertz CT molecular complexity index is 3260. The van der Waals surface area contributed by atoms with Gasteiger partial charge in [0.25, 0.3) is 0 Å². The van der Waals surface area contributed by atoms with Gasteiger partial charge in [-0.2, -0.15) is 0 Å². The fourth-order valence-corrected chi connectivity index (χ4v) is 8.73. The van der Waals surface area contributed by atoms with Crippen LogP contribution < -0.4 is 0 Å². The molecule has 0 atom stereocenters. The van der Waals surface area contributed by atoms with Crippen LogP contribution in [0.25, 0.3) is 109 Å². The fraction of sp³-hybridized carbons (Fsp3) is 0.0370. The first-order chi connectivity index (χ1) is 27.8. The third kappa shape index (κ3) is 5.41. The molecule has 56 heavy (non-hydrogen) atoms. The summed E-state index contributed by atoms with van der Waals surface area (Å²) in [5.74, 6) is 0.729. The first-order valence-electron chi connectivity index (χ1n) is 19.5. The minimum absolute atomic E-state index is 0.729. The number of nitrogens with zero attached hydrogens (tertiary/aromatic N) is 2. The van der Waals surface area contributed by atoms with E-state index in [9.17, 15) is 0 Å². The van der Waals surface area contributed by atoms with Crippen LogP contribution in [0.1, 0.15) is 13.8 Å². The second kappa shape index (κ2) is 13.9. The van der Waals surface area contributed by atoms with Crippen molar-refractivity contribution in [1.82, 2.24) is 9.97 Å². The van der Waals surface area contributed by atoms with Crippen LogP contribution >= 0.6 is 0 Å². The monoisotopic (exact) mass is 714 g/mol. The SMILES string of the molecule is CC.c1ccc(-c2ccc3c(-c4cccc5c(-c6cccc7c6ccc6cc8ccccc8cc67)cccc45)c4ccccc4c(-c4ncccn4)c3c2)cc1. The Balaban J connectivity index is 0.00000189. The predicted octanol–water partition coefficient (Wildman–Crippen LogP) is 15.1. The van der Waals surface area contributed by atoms with Gasteiger partial charge >= 0.3 is 0 Å². The molecular formula is C54H38N2. The van der Waals surface area contributed by atoms with Crippen molar-refractivity contribution >= 4 is 64.6 Å². The minimum Gasteiger partial charge on any atom is -0.237 e. The molecule has 0 spiro atoms. The van der Waals surface area contributed by atoms with E-state index in [1.165, 1.54) is 81.7 Å². The molecule has 11 aromatic rings. The lowest BCUT2D eigenvalue weighted by atomic mass is 9.84. The molecule has 0 saturated carbocycles. The van der Waals surface area contributed by atoms with Crippen LogP contribution in [-0.4, -0.2) is 9.97 Å². The molecule has 0 fully saturated rings. The van der Waals surface area contributed by atoms with Crippen molar-refractivity contribution < 1.29 is 0 Å². The van der Waals surface area contributed by atoms with E-state index in [1.54, 1.807) is 0 Å². The van der Waals surface area contributed by atoms with Gasteiger partial charge in [0, 0.05) is 18.0 Å². The summed E-state index contributed by atoms with van der Waals surface area (Å²) in [6, 6.07) is 66.3. The Labute approximate surface area is 326 Å². The predicted molar refractivity (Wildman–Crippen MR) is 240 cm³/mol. The van der Waals surface area contributed by atoms with Gasteiger partial charge in [-0.05, 0) is 122 Å². The molecule has 11 rings (SSSR count). The first kappa shape index (κ1) is 33.4. The van der Waals surface area contributed by atoms with Gasteiger partial charge in [-0.1, -0.05) is 172 Å².